The lowest BCUT2D eigenvalue weighted by molar-refractivity contribution is 0.420. The van der Waals surface area contributed by atoms with Crippen LogP contribution in [-0.2, 0) is 5.41 Å². The van der Waals surface area contributed by atoms with E-state index in [0.29, 0.717) is 10.8 Å². The highest BCUT2D eigenvalue weighted by atomic mass is 32.1. The van der Waals surface area contributed by atoms with Gasteiger partial charge in [-0.2, -0.15) is 0 Å². The minimum Gasteiger partial charge on any atom is -0.360 e. The molecule has 0 fully saturated rings. The van der Waals surface area contributed by atoms with Crippen molar-refractivity contribution in [3.63, 3.8) is 0 Å². The summed E-state index contributed by atoms with van der Waals surface area (Å²) in [7, 11) is 0. The summed E-state index contributed by atoms with van der Waals surface area (Å²) in [4.78, 5) is 0. The first-order valence-electron chi connectivity index (χ1n) is 7.86. The maximum atomic E-state index is 13.2. The van der Waals surface area contributed by atoms with E-state index in [9.17, 15) is 8.78 Å². The highest BCUT2D eigenvalue weighted by Crippen LogP contribution is 2.28. The molecule has 0 radical (unpaired) electrons. The lowest BCUT2D eigenvalue weighted by atomic mass is 9.79. The second-order valence-corrected chi connectivity index (χ2v) is 6.99. The maximum Gasteiger partial charge on any atom is 0.170 e. The van der Waals surface area contributed by atoms with Crippen LogP contribution in [0.3, 0.4) is 0 Å². The molecule has 0 aliphatic rings. The average Bonchev–Trinajstić information content (AvgIpc) is 2.51. The van der Waals surface area contributed by atoms with Crippen LogP contribution in [-0.4, -0.2) is 11.2 Å². The molecule has 0 aliphatic heterocycles. The molecule has 2 rings (SSSR count). The van der Waals surface area contributed by atoms with Crippen LogP contribution >= 0.6 is 12.2 Å². The molecule has 2 N–H and O–H groups in total. The molecule has 0 heterocycles. The highest BCUT2D eigenvalue weighted by Gasteiger charge is 2.23. The van der Waals surface area contributed by atoms with Crippen molar-refractivity contribution in [1.29, 1.82) is 0 Å². The Labute approximate surface area is 147 Å². The molecule has 2 aromatic rings. The lowest BCUT2D eigenvalue weighted by Gasteiger charge is -2.29. The molecule has 1 atom stereocenters. The van der Waals surface area contributed by atoms with Crippen molar-refractivity contribution >= 4 is 23.0 Å². The first-order chi connectivity index (χ1) is 11.3. The van der Waals surface area contributed by atoms with E-state index in [2.05, 4.69) is 36.6 Å². The van der Waals surface area contributed by atoms with Crippen LogP contribution in [0.1, 0.15) is 32.8 Å². The van der Waals surface area contributed by atoms with Gasteiger partial charge in [-0.3, -0.25) is 0 Å². The summed E-state index contributed by atoms with van der Waals surface area (Å²) in [5.41, 5.74) is 1.67. The van der Waals surface area contributed by atoms with Gasteiger partial charge in [0.2, 0.25) is 0 Å². The molecule has 0 unspecified atom stereocenters. The van der Waals surface area contributed by atoms with Crippen molar-refractivity contribution in [2.45, 2.75) is 38.6 Å². The van der Waals surface area contributed by atoms with Gasteiger partial charge in [-0.25, -0.2) is 8.78 Å². The first kappa shape index (κ1) is 18.3. The van der Waals surface area contributed by atoms with E-state index >= 15 is 0 Å². The summed E-state index contributed by atoms with van der Waals surface area (Å²) in [6, 6.07) is 14.0. The number of anilines is 1. The Morgan fingerprint density at radius 1 is 1.08 bits per heavy atom. The van der Waals surface area contributed by atoms with Crippen molar-refractivity contribution in [2.75, 3.05) is 5.32 Å². The van der Waals surface area contributed by atoms with Crippen LogP contribution in [0.4, 0.5) is 14.5 Å². The largest absolute Gasteiger partial charge is 0.360 e. The first-order valence-corrected chi connectivity index (χ1v) is 8.27. The van der Waals surface area contributed by atoms with E-state index in [1.54, 1.807) is 0 Å². The Bertz CT molecular complexity index is 702. The molecule has 5 heteroatoms. The molecule has 0 spiro atoms. The van der Waals surface area contributed by atoms with Crippen molar-refractivity contribution in [3.8, 4) is 0 Å². The van der Waals surface area contributed by atoms with Crippen molar-refractivity contribution < 1.29 is 8.78 Å². The number of benzene rings is 2. The third-order valence-corrected chi connectivity index (χ3v) is 4.15. The van der Waals surface area contributed by atoms with Crippen LogP contribution in [0, 0.1) is 11.6 Å². The van der Waals surface area contributed by atoms with Crippen LogP contribution in [0.5, 0.6) is 0 Å². The van der Waals surface area contributed by atoms with Gasteiger partial charge in [-0.1, -0.05) is 44.2 Å². The van der Waals surface area contributed by atoms with Gasteiger partial charge in [-0.15, -0.1) is 0 Å². The van der Waals surface area contributed by atoms with Gasteiger partial charge in [0, 0.05) is 17.8 Å². The molecule has 0 aromatic heterocycles. The molecule has 0 bridgehead atoms. The molecule has 2 aromatic carbocycles. The summed E-state index contributed by atoms with van der Waals surface area (Å²) >= 11 is 5.26. The summed E-state index contributed by atoms with van der Waals surface area (Å²) < 4.78 is 26.2. The van der Waals surface area contributed by atoms with Crippen LogP contribution in [0.2, 0.25) is 0 Å². The quantitative estimate of drug-likeness (QED) is 0.743. The summed E-state index contributed by atoms with van der Waals surface area (Å²) in [6.07, 6.45) is 0.872. The molecule has 2 nitrogen and oxygen atoms in total. The number of rotatable bonds is 5. The number of nitrogens with one attached hydrogen (secondary N) is 2. The third-order valence-electron chi connectivity index (χ3n) is 3.93. The number of hydrogen-bond acceptors (Lipinski definition) is 1. The Hall–Kier alpha value is -2.01. The van der Waals surface area contributed by atoms with Crippen molar-refractivity contribution in [2.24, 2.45) is 0 Å². The third kappa shape index (κ3) is 4.99. The lowest BCUT2D eigenvalue weighted by Crippen LogP contribution is -2.39. The average molecular weight is 348 g/mol. The zero-order valence-corrected chi connectivity index (χ0v) is 14.9. The Balaban J connectivity index is 1.92. The van der Waals surface area contributed by atoms with Crippen molar-refractivity contribution in [3.05, 3.63) is 65.7 Å². The monoisotopic (exact) mass is 348 g/mol. The van der Waals surface area contributed by atoms with Crippen LogP contribution in [0.25, 0.3) is 0 Å². The van der Waals surface area contributed by atoms with Crippen LogP contribution in [0.15, 0.2) is 48.5 Å². The summed E-state index contributed by atoms with van der Waals surface area (Å²) in [5, 5.41) is 6.46. The van der Waals surface area contributed by atoms with Crippen LogP contribution < -0.4 is 10.6 Å². The smallest absolute Gasteiger partial charge is 0.170 e. The predicted molar refractivity (Wildman–Crippen MR) is 99.3 cm³/mol. The van der Waals surface area contributed by atoms with E-state index in [0.717, 1.165) is 18.6 Å². The molecule has 0 aliphatic carbocycles. The standard InChI is InChI=1S/C19H22F2N2S/c1-13(12-19(2,3)14-7-5-4-6-8-14)22-18(24)23-15-9-10-16(20)17(21)11-15/h4-11,13H,12H2,1-3H3,(H2,22,23,24)/t13-/m1/s1. The van der Waals surface area contributed by atoms with E-state index < -0.39 is 11.6 Å². The van der Waals surface area contributed by atoms with Crippen molar-refractivity contribution in [1.82, 2.24) is 5.32 Å². The zero-order valence-electron chi connectivity index (χ0n) is 14.1. The molecule has 0 saturated heterocycles. The number of halogens is 2. The molecule has 0 amide bonds. The minimum atomic E-state index is -0.902. The Kier molecular flexibility index (Phi) is 5.89. The Morgan fingerprint density at radius 3 is 2.38 bits per heavy atom. The highest BCUT2D eigenvalue weighted by molar-refractivity contribution is 7.80. The topological polar surface area (TPSA) is 24.1 Å². The molecule has 0 saturated carbocycles. The summed E-state index contributed by atoms with van der Waals surface area (Å²) in [5.74, 6) is -1.78. The van der Waals surface area contributed by atoms with E-state index in [1.807, 2.05) is 25.1 Å². The van der Waals surface area contributed by atoms with E-state index in [1.165, 1.54) is 11.6 Å². The maximum absolute atomic E-state index is 13.2. The van der Waals surface area contributed by atoms with Gasteiger partial charge >= 0.3 is 0 Å². The van der Waals surface area contributed by atoms with Gasteiger partial charge in [0.25, 0.3) is 0 Å². The van der Waals surface area contributed by atoms with Gasteiger partial charge in [0.05, 0.1) is 0 Å². The van der Waals surface area contributed by atoms with Gasteiger partial charge in [0.15, 0.2) is 16.7 Å². The summed E-state index contributed by atoms with van der Waals surface area (Å²) in [6.45, 7) is 6.42. The van der Waals surface area contributed by atoms with Gasteiger partial charge in [0.1, 0.15) is 0 Å². The zero-order chi connectivity index (χ0) is 17.7. The molecule has 128 valence electrons. The molecule has 24 heavy (non-hydrogen) atoms. The predicted octanol–water partition coefficient (Wildman–Crippen LogP) is 5.01. The van der Waals surface area contributed by atoms with Gasteiger partial charge < -0.3 is 10.6 Å². The van der Waals surface area contributed by atoms with E-state index in [4.69, 9.17) is 12.2 Å². The second kappa shape index (κ2) is 7.71. The number of thiocarbonyl (C=S) groups is 1. The minimum absolute atomic E-state index is 0.00866. The fourth-order valence-corrected chi connectivity index (χ4v) is 3.11. The van der Waals surface area contributed by atoms with Gasteiger partial charge in [-0.05, 0) is 48.7 Å². The SMILES string of the molecule is C[C@H](CC(C)(C)c1ccccc1)NC(=S)Nc1ccc(F)c(F)c1. The fraction of sp³-hybridized carbons (Fsp3) is 0.316. The molecular formula is C19H22F2N2S. The van der Waals surface area contributed by atoms with E-state index in [-0.39, 0.29) is 11.5 Å². The normalized spacial score (nSPS) is 12.5. The number of hydrogen-bond donors (Lipinski definition) is 2. The molecular weight excluding hydrogens is 326 g/mol. The Morgan fingerprint density at radius 2 is 1.75 bits per heavy atom. The second-order valence-electron chi connectivity index (χ2n) is 6.58. The fourth-order valence-electron chi connectivity index (χ4n) is 2.79.